The van der Waals surface area contributed by atoms with Crippen molar-refractivity contribution in [2.45, 2.75) is 6.54 Å². The number of methoxy groups -OCH3 is 1. The lowest BCUT2D eigenvalue weighted by molar-refractivity contribution is 0.397. The standard InChI is InChI=1S/C9H10BrF2NO/c1-13-4-5-7(14-2)3-6(11)8(10)9(5)12/h3,13H,4H2,1-2H3. The molecule has 0 bridgehead atoms. The van der Waals surface area contributed by atoms with Crippen LogP contribution in [0.5, 0.6) is 5.75 Å². The first-order valence-electron chi connectivity index (χ1n) is 3.96. The number of hydrogen-bond donors (Lipinski definition) is 1. The van der Waals surface area contributed by atoms with Gasteiger partial charge in [0, 0.05) is 18.2 Å². The molecule has 78 valence electrons. The fourth-order valence-corrected chi connectivity index (χ4v) is 1.49. The van der Waals surface area contributed by atoms with Gasteiger partial charge in [0.15, 0.2) is 0 Å². The average Bonchev–Trinajstić information content (AvgIpc) is 2.19. The summed E-state index contributed by atoms with van der Waals surface area (Å²) in [6.45, 7) is 0.286. The molecule has 0 saturated carbocycles. The summed E-state index contributed by atoms with van der Waals surface area (Å²) in [4.78, 5) is 0. The van der Waals surface area contributed by atoms with E-state index in [-0.39, 0.29) is 16.8 Å². The zero-order valence-electron chi connectivity index (χ0n) is 7.83. The van der Waals surface area contributed by atoms with Crippen molar-refractivity contribution < 1.29 is 13.5 Å². The monoisotopic (exact) mass is 265 g/mol. The van der Waals surface area contributed by atoms with Crippen molar-refractivity contribution in [1.29, 1.82) is 0 Å². The van der Waals surface area contributed by atoms with E-state index >= 15 is 0 Å². The first-order valence-corrected chi connectivity index (χ1v) is 4.76. The maximum Gasteiger partial charge on any atom is 0.148 e. The van der Waals surface area contributed by atoms with Crippen LogP contribution in [-0.2, 0) is 6.54 Å². The fraction of sp³-hybridized carbons (Fsp3) is 0.333. The van der Waals surface area contributed by atoms with Crippen LogP contribution >= 0.6 is 15.9 Å². The molecule has 0 aliphatic rings. The van der Waals surface area contributed by atoms with Gasteiger partial charge in [-0.3, -0.25) is 0 Å². The molecule has 0 aromatic heterocycles. The summed E-state index contributed by atoms with van der Waals surface area (Å²) in [5.41, 5.74) is 0.309. The Balaban J connectivity index is 3.29. The number of ether oxygens (including phenoxy) is 1. The molecule has 0 aliphatic heterocycles. The molecule has 0 spiro atoms. The van der Waals surface area contributed by atoms with Crippen LogP contribution in [-0.4, -0.2) is 14.2 Å². The Morgan fingerprint density at radius 2 is 2.14 bits per heavy atom. The van der Waals surface area contributed by atoms with Crippen molar-refractivity contribution in [3.05, 3.63) is 27.7 Å². The molecule has 2 nitrogen and oxygen atoms in total. The van der Waals surface area contributed by atoms with E-state index in [2.05, 4.69) is 21.2 Å². The zero-order chi connectivity index (χ0) is 10.7. The second-order valence-electron chi connectivity index (χ2n) is 2.70. The van der Waals surface area contributed by atoms with Crippen LogP contribution in [0.3, 0.4) is 0 Å². The molecule has 1 aromatic rings. The van der Waals surface area contributed by atoms with Crippen molar-refractivity contribution >= 4 is 15.9 Å². The molecule has 0 heterocycles. The summed E-state index contributed by atoms with van der Waals surface area (Å²) >= 11 is 2.83. The van der Waals surface area contributed by atoms with Gasteiger partial charge in [-0.1, -0.05) is 0 Å². The van der Waals surface area contributed by atoms with Gasteiger partial charge in [-0.2, -0.15) is 0 Å². The highest BCUT2D eigenvalue weighted by molar-refractivity contribution is 9.10. The Bertz CT molecular complexity index is 344. The van der Waals surface area contributed by atoms with Gasteiger partial charge in [0.1, 0.15) is 17.4 Å². The number of benzene rings is 1. The van der Waals surface area contributed by atoms with Crippen LogP contribution in [0.25, 0.3) is 0 Å². The summed E-state index contributed by atoms with van der Waals surface area (Å²) in [5, 5.41) is 2.78. The van der Waals surface area contributed by atoms with Crippen molar-refractivity contribution in [2.75, 3.05) is 14.2 Å². The Labute approximate surface area is 89.4 Å². The van der Waals surface area contributed by atoms with E-state index in [0.29, 0.717) is 5.56 Å². The smallest absolute Gasteiger partial charge is 0.148 e. The molecule has 0 aliphatic carbocycles. The zero-order valence-corrected chi connectivity index (χ0v) is 9.41. The lowest BCUT2D eigenvalue weighted by Crippen LogP contribution is -2.09. The van der Waals surface area contributed by atoms with Crippen LogP contribution in [0.15, 0.2) is 10.5 Å². The van der Waals surface area contributed by atoms with Crippen LogP contribution in [0.2, 0.25) is 0 Å². The average molecular weight is 266 g/mol. The van der Waals surface area contributed by atoms with Crippen molar-refractivity contribution in [1.82, 2.24) is 5.32 Å². The first kappa shape index (κ1) is 11.4. The van der Waals surface area contributed by atoms with Crippen molar-refractivity contribution in [3.8, 4) is 5.75 Å². The third kappa shape index (κ3) is 2.04. The molecular formula is C9H10BrF2NO. The van der Waals surface area contributed by atoms with E-state index in [1.807, 2.05) is 0 Å². The maximum atomic E-state index is 13.5. The molecule has 0 radical (unpaired) electrons. The third-order valence-corrected chi connectivity index (χ3v) is 2.52. The molecule has 0 unspecified atom stereocenters. The van der Waals surface area contributed by atoms with E-state index in [1.165, 1.54) is 7.11 Å². The minimum absolute atomic E-state index is 0.163. The van der Waals surface area contributed by atoms with Gasteiger partial charge in [0.2, 0.25) is 0 Å². The number of halogens is 3. The first-order chi connectivity index (χ1) is 6.61. The van der Waals surface area contributed by atoms with Crippen LogP contribution < -0.4 is 10.1 Å². The van der Waals surface area contributed by atoms with Crippen LogP contribution in [0.1, 0.15) is 5.56 Å². The fourth-order valence-electron chi connectivity index (χ4n) is 1.13. The predicted octanol–water partition coefficient (Wildman–Crippen LogP) is 2.46. The lowest BCUT2D eigenvalue weighted by Gasteiger charge is -2.10. The highest BCUT2D eigenvalue weighted by Crippen LogP contribution is 2.30. The summed E-state index contributed by atoms with van der Waals surface area (Å²) in [6.07, 6.45) is 0. The molecule has 1 aromatic carbocycles. The van der Waals surface area contributed by atoms with Crippen LogP contribution in [0, 0.1) is 11.6 Å². The number of nitrogens with one attached hydrogen (secondary N) is 1. The van der Waals surface area contributed by atoms with Gasteiger partial charge in [-0.05, 0) is 23.0 Å². The molecule has 1 rings (SSSR count). The Morgan fingerprint density at radius 1 is 1.50 bits per heavy atom. The molecule has 0 fully saturated rings. The normalized spacial score (nSPS) is 10.4. The Kier molecular flexibility index (Phi) is 3.83. The van der Waals surface area contributed by atoms with Gasteiger partial charge in [0.05, 0.1) is 11.6 Å². The summed E-state index contributed by atoms with van der Waals surface area (Å²) in [6, 6.07) is 1.15. The van der Waals surface area contributed by atoms with E-state index in [1.54, 1.807) is 7.05 Å². The lowest BCUT2D eigenvalue weighted by atomic mass is 10.2. The van der Waals surface area contributed by atoms with Crippen molar-refractivity contribution in [3.63, 3.8) is 0 Å². The Hall–Kier alpha value is -0.680. The third-order valence-electron chi connectivity index (χ3n) is 1.80. The molecule has 0 saturated heterocycles. The second-order valence-corrected chi connectivity index (χ2v) is 3.49. The molecule has 14 heavy (non-hydrogen) atoms. The molecular weight excluding hydrogens is 256 g/mol. The molecule has 1 N–H and O–H groups in total. The minimum atomic E-state index is -0.667. The van der Waals surface area contributed by atoms with Gasteiger partial charge in [-0.15, -0.1) is 0 Å². The van der Waals surface area contributed by atoms with E-state index < -0.39 is 11.6 Å². The summed E-state index contributed by atoms with van der Waals surface area (Å²) in [7, 11) is 3.05. The van der Waals surface area contributed by atoms with E-state index in [0.717, 1.165) is 6.07 Å². The quantitative estimate of drug-likeness (QED) is 0.848. The van der Waals surface area contributed by atoms with E-state index in [4.69, 9.17) is 4.74 Å². The summed E-state index contributed by atoms with van der Waals surface area (Å²) < 4.78 is 31.3. The minimum Gasteiger partial charge on any atom is -0.496 e. The number of hydrogen-bond acceptors (Lipinski definition) is 2. The highest BCUT2D eigenvalue weighted by atomic mass is 79.9. The number of rotatable bonds is 3. The maximum absolute atomic E-state index is 13.5. The topological polar surface area (TPSA) is 21.3 Å². The molecule has 0 atom stereocenters. The van der Waals surface area contributed by atoms with Gasteiger partial charge >= 0.3 is 0 Å². The second kappa shape index (κ2) is 4.70. The molecule has 0 amide bonds. The largest absolute Gasteiger partial charge is 0.496 e. The summed E-state index contributed by atoms with van der Waals surface area (Å²) in [5.74, 6) is -1.09. The van der Waals surface area contributed by atoms with Crippen LogP contribution in [0.4, 0.5) is 8.78 Å². The van der Waals surface area contributed by atoms with E-state index in [9.17, 15) is 8.78 Å². The van der Waals surface area contributed by atoms with Gasteiger partial charge in [0.25, 0.3) is 0 Å². The van der Waals surface area contributed by atoms with Gasteiger partial charge < -0.3 is 10.1 Å². The SMILES string of the molecule is CNCc1c(OC)cc(F)c(Br)c1F. The predicted molar refractivity (Wildman–Crippen MR) is 53.4 cm³/mol. The van der Waals surface area contributed by atoms with Crippen molar-refractivity contribution in [2.24, 2.45) is 0 Å². The molecule has 5 heteroatoms. The van der Waals surface area contributed by atoms with Gasteiger partial charge in [-0.25, -0.2) is 8.78 Å². The highest BCUT2D eigenvalue weighted by Gasteiger charge is 2.16. The Morgan fingerprint density at radius 3 is 2.64 bits per heavy atom.